The first-order chi connectivity index (χ1) is 10.2. The van der Waals surface area contributed by atoms with Gasteiger partial charge in [-0.25, -0.2) is 0 Å². The Hall–Kier alpha value is -2.11. The van der Waals surface area contributed by atoms with E-state index in [4.69, 9.17) is 23.2 Å². The van der Waals surface area contributed by atoms with E-state index >= 15 is 0 Å². The van der Waals surface area contributed by atoms with E-state index in [0.717, 1.165) is 11.3 Å². The Morgan fingerprint density at radius 3 is 2.48 bits per heavy atom. The van der Waals surface area contributed by atoms with E-state index < -0.39 is 0 Å². The van der Waals surface area contributed by atoms with Crippen LogP contribution in [0.5, 0.6) is 0 Å². The number of aromatic nitrogens is 4. The van der Waals surface area contributed by atoms with Crippen LogP contribution in [-0.2, 0) is 6.42 Å². The standard InChI is InChI=1S/C14H11Cl2N5/c15-10-5-3-6-11(16)14(10)17-12-7-2-1-4-9(12)8-13-18-20-21-19-13/h1-7,17H,8H2,(H,18,19,20,21). The maximum absolute atomic E-state index is 6.19. The van der Waals surface area contributed by atoms with Gasteiger partial charge in [0.25, 0.3) is 0 Å². The number of hydrogen-bond donors (Lipinski definition) is 2. The zero-order chi connectivity index (χ0) is 14.7. The first-order valence-electron chi connectivity index (χ1n) is 6.25. The van der Waals surface area contributed by atoms with Crippen LogP contribution in [0.25, 0.3) is 0 Å². The lowest BCUT2D eigenvalue weighted by molar-refractivity contribution is 0.881. The summed E-state index contributed by atoms with van der Waals surface area (Å²) in [6.45, 7) is 0. The molecule has 0 bridgehead atoms. The molecule has 0 unspecified atom stereocenters. The van der Waals surface area contributed by atoms with Gasteiger partial charge in [0.1, 0.15) is 0 Å². The van der Waals surface area contributed by atoms with Crippen LogP contribution in [0, 0.1) is 0 Å². The minimum atomic E-state index is 0.557. The van der Waals surface area contributed by atoms with Crippen molar-refractivity contribution in [2.75, 3.05) is 5.32 Å². The number of aromatic amines is 1. The second-order valence-electron chi connectivity index (χ2n) is 4.38. The number of halogens is 2. The quantitative estimate of drug-likeness (QED) is 0.766. The molecule has 0 radical (unpaired) electrons. The molecule has 0 aliphatic rings. The molecule has 0 saturated carbocycles. The van der Waals surface area contributed by atoms with Gasteiger partial charge in [-0.2, -0.15) is 5.21 Å². The molecule has 0 aliphatic carbocycles. The zero-order valence-corrected chi connectivity index (χ0v) is 12.4. The summed E-state index contributed by atoms with van der Waals surface area (Å²) < 4.78 is 0. The van der Waals surface area contributed by atoms with Crippen molar-refractivity contribution in [2.24, 2.45) is 0 Å². The SMILES string of the molecule is Clc1cccc(Cl)c1Nc1ccccc1Cc1nn[nH]n1. The van der Waals surface area contributed by atoms with Crippen molar-refractivity contribution in [3.05, 3.63) is 63.9 Å². The molecule has 1 aromatic heterocycles. The maximum Gasteiger partial charge on any atom is 0.178 e. The summed E-state index contributed by atoms with van der Waals surface area (Å²) in [6, 6.07) is 13.2. The van der Waals surface area contributed by atoms with Gasteiger partial charge in [0.05, 0.1) is 15.7 Å². The Morgan fingerprint density at radius 1 is 1.00 bits per heavy atom. The summed E-state index contributed by atoms with van der Waals surface area (Å²) >= 11 is 12.4. The molecule has 0 fully saturated rings. The summed E-state index contributed by atoms with van der Waals surface area (Å²) in [6.07, 6.45) is 0.557. The van der Waals surface area contributed by atoms with Crippen LogP contribution in [0.2, 0.25) is 10.0 Å². The highest BCUT2D eigenvalue weighted by Crippen LogP contribution is 2.33. The number of H-pyrrole nitrogens is 1. The second kappa shape index (κ2) is 6.11. The van der Waals surface area contributed by atoms with E-state index in [-0.39, 0.29) is 0 Å². The third-order valence-electron chi connectivity index (χ3n) is 2.98. The molecule has 21 heavy (non-hydrogen) atoms. The smallest absolute Gasteiger partial charge is 0.178 e. The van der Waals surface area contributed by atoms with Gasteiger partial charge < -0.3 is 5.32 Å². The van der Waals surface area contributed by atoms with Gasteiger partial charge in [0.15, 0.2) is 5.82 Å². The second-order valence-corrected chi connectivity index (χ2v) is 5.20. The molecule has 0 amide bonds. The summed E-state index contributed by atoms with van der Waals surface area (Å²) in [4.78, 5) is 0. The molecule has 3 aromatic rings. The zero-order valence-electron chi connectivity index (χ0n) is 10.8. The molecule has 1 heterocycles. The van der Waals surface area contributed by atoms with Crippen LogP contribution in [0.4, 0.5) is 11.4 Å². The van der Waals surface area contributed by atoms with Gasteiger partial charge in [-0.05, 0) is 23.8 Å². The number of anilines is 2. The highest BCUT2D eigenvalue weighted by molar-refractivity contribution is 6.39. The molecular weight excluding hydrogens is 309 g/mol. The molecule has 0 spiro atoms. The molecule has 0 atom stereocenters. The van der Waals surface area contributed by atoms with Crippen LogP contribution in [0.1, 0.15) is 11.4 Å². The van der Waals surface area contributed by atoms with Gasteiger partial charge in [-0.3, -0.25) is 0 Å². The number of nitrogens with one attached hydrogen (secondary N) is 2. The molecular formula is C14H11Cl2N5. The fraction of sp³-hybridized carbons (Fsp3) is 0.0714. The van der Waals surface area contributed by atoms with Crippen molar-refractivity contribution >= 4 is 34.6 Å². The van der Waals surface area contributed by atoms with Crippen LogP contribution in [0.15, 0.2) is 42.5 Å². The van der Waals surface area contributed by atoms with E-state index in [1.807, 2.05) is 24.3 Å². The van der Waals surface area contributed by atoms with Crippen molar-refractivity contribution in [1.82, 2.24) is 20.6 Å². The average Bonchev–Trinajstić information content (AvgIpc) is 2.98. The lowest BCUT2D eigenvalue weighted by atomic mass is 10.1. The van der Waals surface area contributed by atoms with Crippen LogP contribution < -0.4 is 5.32 Å². The molecule has 2 aromatic carbocycles. The van der Waals surface area contributed by atoms with E-state index in [1.54, 1.807) is 18.2 Å². The normalized spacial score (nSPS) is 10.6. The Labute approximate surface area is 131 Å². The average molecular weight is 320 g/mol. The molecule has 7 heteroatoms. The predicted octanol–water partition coefficient (Wildman–Crippen LogP) is 3.84. The molecule has 0 saturated heterocycles. The highest BCUT2D eigenvalue weighted by atomic mass is 35.5. The number of tetrazole rings is 1. The summed E-state index contributed by atoms with van der Waals surface area (Å²) in [5.74, 6) is 0.620. The molecule has 3 rings (SSSR count). The Kier molecular flexibility index (Phi) is 4.03. The number of benzene rings is 2. The number of hydrogen-bond acceptors (Lipinski definition) is 4. The first-order valence-corrected chi connectivity index (χ1v) is 7.01. The molecule has 0 aliphatic heterocycles. The van der Waals surface area contributed by atoms with E-state index in [1.165, 1.54) is 0 Å². The predicted molar refractivity (Wildman–Crippen MR) is 83.2 cm³/mol. The topological polar surface area (TPSA) is 66.5 Å². The third kappa shape index (κ3) is 3.15. The van der Waals surface area contributed by atoms with Crippen molar-refractivity contribution in [1.29, 1.82) is 0 Å². The summed E-state index contributed by atoms with van der Waals surface area (Å²) in [7, 11) is 0. The Morgan fingerprint density at radius 2 is 1.76 bits per heavy atom. The van der Waals surface area contributed by atoms with Crippen LogP contribution in [-0.4, -0.2) is 20.6 Å². The Bertz CT molecular complexity index is 723. The van der Waals surface area contributed by atoms with Gasteiger partial charge in [0, 0.05) is 12.1 Å². The number of rotatable bonds is 4. The maximum atomic E-state index is 6.19. The van der Waals surface area contributed by atoms with Crippen molar-refractivity contribution in [3.8, 4) is 0 Å². The van der Waals surface area contributed by atoms with Crippen molar-refractivity contribution in [2.45, 2.75) is 6.42 Å². The van der Waals surface area contributed by atoms with E-state index in [9.17, 15) is 0 Å². The van der Waals surface area contributed by atoms with Gasteiger partial charge >= 0.3 is 0 Å². The lowest BCUT2D eigenvalue weighted by Crippen LogP contribution is -1.99. The number of para-hydroxylation sites is 2. The molecule has 106 valence electrons. The number of nitrogens with zero attached hydrogens (tertiary/aromatic N) is 3. The monoisotopic (exact) mass is 319 g/mol. The van der Waals surface area contributed by atoms with Crippen LogP contribution in [0.3, 0.4) is 0 Å². The minimum Gasteiger partial charge on any atom is -0.353 e. The Balaban J connectivity index is 1.92. The highest BCUT2D eigenvalue weighted by Gasteiger charge is 2.10. The van der Waals surface area contributed by atoms with Crippen molar-refractivity contribution < 1.29 is 0 Å². The third-order valence-corrected chi connectivity index (χ3v) is 3.61. The van der Waals surface area contributed by atoms with E-state index in [2.05, 4.69) is 25.9 Å². The first kappa shape index (κ1) is 13.9. The fourth-order valence-corrected chi connectivity index (χ4v) is 2.47. The fourth-order valence-electron chi connectivity index (χ4n) is 1.98. The minimum absolute atomic E-state index is 0.557. The molecule has 2 N–H and O–H groups in total. The molecule has 5 nitrogen and oxygen atoms in total. The van der Waals surface area contributed by atoms with E-state index in [0.29, 0.717) is 28.0 Å². The van der Waals surface area contributed by atoms with Gasteiger partial charge in [-0.15, -0.1) is 10.2 Å². The van der Waals surface area contributed by atoms with Gasteiger partial charge in [0.2, 0.25) is 0 Å². The van der Waals surface area contributed by atoms with Crippen LogP contribution >= 0.6 is 23.2 Å². The van der Waals surface area contributed by atoms with Crippen molar-refractivity contribution in [3.63, 3.8) is 0 Å². The largest absolute Gasteiger partial charge is 0.353 e. The summed E-state index contributed by atoms with van der Waals surface area (Å²) in [5.41, 5.74) is 2.61. The van der Waals surface area contributed by atoms with Gasteiger partial charge in [-0.1, -0.05) is 52.7 Å². The lowest BCUT2D eigenvalue weighted by Gasteiger charge is -2.13. The summed E-state index contributed by atoms with van der Waals surface area (Å²) in [5, 5.41) is 18.3.